The van der Waals surface area contributed by atoms with Crippen molar-refractivity contribution < 1.29 is 47.5 Å². The van der Waals surface area contributed by atoms with Crippen LogP contribution in [-0.2, 0) is 37.5 Å². The standard InChI is InChI=1S/C46H78NO10P/c1-3-5-7-9-11-13-15-17-19-20-21-22-24-26-28-30-32-34-36-38-45(49)57-42(40-55-58(52,53)56-41-43(47)46(50)51)39-54-44(48)37-35-33-31-29-27-25-23-18-16-14-12-10-8-6-4-2/h10-13,17,19,21-22,26,28,32,34,42-43H,3-9,14-16,18,20,23-25,27,29-31,33,35-41,47H2,1-2H3,(H,50,51)(H,52,53)/b12-10+,13-11+,19-17+,22-21+,28-26+,34-32+/t42-,43+/m1/s1. The third-order valence-electron chi connectivity index (χ3n) is 8.94. The van der Waals surface area contributed by atoms with Gasteiger partial charge in [-0.05, 0) is 70.6 Å². The third kappa shape index (κ3) is 39.7. The Morgan fingerprint density at radius 1 is 0.534 bits per heavy atom. The molecule has 0 heterocycles. The quantitative estimate of drug-likeness (QED) is 0.0232. The van der Waals surface area contributed by atoms with Crippen LogP contribution in [-0.4, -0.2) is 59.9 Å². The molecule has 0 spiro atoms. The minimum atomic E-state index is -4.74. The first-order valence-corrected chi connectivity index (χ1v) is 23.5. The van der Waals surface area contributed by atoms with Gasteiger partial charge in [0.05, 0.1) is 13.2 Å². The molecule has 0 aliphatic carbocycles. The van der Waals surface area contributed by atoms with Crippen molar-refractivity contribution in [1.82, 2.24) is 0 Å². The van der Waals surface area contributed by atoms with Crippen LogP contribution in [0.5, 0.6) is 0 Å². The lowest BCUT2D eigenvalue weighted by Crippen LogP contribution is -2.34. The van der Waals surface area contributed by atoms with Gasteiger partial charge in [-0.3, -0.25) is 23.4 Å². The maximum atomic E-state index is 12.6. The maximum Gasteiger partial charge on any atom is 0.472 e. The molecular weight excluding hydrogens is 757 g/mol. The van der Waals surface area contributed by atoms with Crippen LogP contribution in [0.2, 0.25) is 0 Å². The predicted octanol–water partition coefficient (Wildman–Crippen LogP) is 11.7. The van der Waals surface area contributed by atoms with E-state index in [0.717, 1.165) is 44.9 Å². The van der Waals surface area contributed by atoms with Gasteiger partial charge in [0.1, 0.15) is 12.6 Å². The number of carbonyl (C=O) groups excluding carboxylic acids is 2. The Bertz CT molecular complexity index is 1260. The van der Waals surface area contributed by atoms with Crippen LogP contribution >= 0.6 is 7.82 Å². The Labute approximate surface area is 350 Å². The Hall–Kier alpha value is -3.08. The summed E-state index contributed by atoms with van der Waals surface area (Å²) in [5.74, 6) is -2.49. The molecule has 12 heteroatoms. The molecule has 0 saturated carbocycles. The van der Waals surface area contributed by atoms with Crippen molar-refractivity contribution in [3.05, 3.63) is 72.9 Å². The van der Waals surface area contributed by atoms with Crippen LogP contribution in [0.25, 0.3) is 0 Å². The first kappa shape index (κ1) is 54.9. The molecule has 4 N–H and O–H groups in total. The van der Waals surface area contributed by atoms with Crippen LogP contribution in [0, 0.1) is 0 Å². The average molecular weight is 836 g/mol. The largest absolute Gasteiger partial charge is 0.480 e. The van der Waals surface area contributed by atoms with Crippen molar-refractivity contribution in [2.45, 2.75) is 180 Å². The minimum absolute atomic E-state index is 0.0345. The third-order valence-corrected chi connectivity index (χ3v) is 9.89. The molecule has 0 saturated heterocycles. The molecule has 0 aliphatic rings. The first-order valence-electron chi connectivity index (χ1n) is 22.0. The van der Waals surface area contributed by atoms with Gasteiger partial charge in [0, 0.05) is 12.8 Å². The predicted molar refractivity (Wildman–Crippen MR) is 235 cm³/mol. The van der Waals surface area contributed by atoms with E-state index in [2.05, 4.69) is 79.1 Å². The van der Waals surface area contributed by atoms with Crippen LogP contribution in [0.4, 0.5) is 0 Å². The van der Waals surface area contributed by atoms with Crippen molar-refractivity contribution in [3.8, 4) is 0 Å². The molecule has 0 amide bonds. The number of ether oxygens (including phenoxy) is 2. The van der Waals surface area contributed by atoms with Crippen molar-refractivity contribution >= 4 is 25.7 Å². The molecule has 0 aromatic heterocycles. The topological polar surface area (TPSA) is 172 Å². The van der Waals surface area contributed by atoms with E-state index in [9.17, 15) is 23.8 Å². The molecule has 0 rings (SSSR count). The lowest BCUT2D eigenvalue weighted by Gasteiger charge is -2.20. The summed E-state index contributed by atoms with van der Waals surface area (Å²) in [5.41, 5.74) is 5.33. The number of hydrogen-bond donors (Lipinski definition) is 3. The summed E-state index contributed by atoms with van der Waals surface area (Å²) >= 11 is 0. The van der Waals surface area contributed by atoms with Gasteiger partial charge in [0.2, 0.25) is 0 Å². The number of carboxylic acids is 1. The summed E-state index contributed by atoms with van der Waals surface area (Å²) in [5, 5.41) is 8.89. The van der Waals surface area contributed by atoms with Gasteiger partial charge in [-0.2, -0.15) is 0 Å². The van der Waals surface area contributed by atoms with Crippen LogP contribution in [0.1, 0.15) is 168 Å². The zero-order chi connectivity index (χ0) is 42.8. The zero-order valence-electron chi connectivity index (χ0n) is 35.9. The number of nitrogens with two attached hydrogens (primary N) is 1. The first-order chi connectivity index (χ1) is 28.1. The van der Waals surface area contributed by atoms with E-state index in [1.807, 2.05) is 12.2 Å². The van der Waals surface area contributed by atoms with Gasteiger partial charge in [-0.15, -0.1) is 0 Å². The highest BCUT2D eigenvalue weighted by molar-refractivity contribution is 7.47. The SMILES string of the molecule is CCCC/C=C/CCCCCCCCCCCC(=O)OC[C@H](COP(=O)(O)OC[C@H](N)C(=O)O)OC(=O)CC/C=C/C/C=C/C/C=C/C/C=C/C/C=C/CCCCC. The second-order valence-electron chi connectivity index (χ2n) is 14.5. The van der Waals surface area contributed by atoms with E-state index in [4.69, 9.17) is 24.8 Å². The van der Waals surface area contributed by atoms with Crippen LogP contribution < -0.4 is 5.73 Å². The number of esters is 2. The molecule has 0 fully saturated rings. The number of aliphatic carboxylic acids is 1. The second-order valence-corrected chi connectivity index (χ2v) is 15.9. The van der Waals surface area contributed by atoms with Gasteiger partial charge >= 0.3 is 25.7 Å². The van der Waals surface area contributed by atoms with Crippen molar-refractivity contribution in [2.75, 3.05) is 19.8 Å². The highest BCUT2D eigenvalue weighted by atomic mass is 31.2. The number of carbonyl (C=O) groups is 3. The molecule has 1 unspecified atom stereocenters. The van der Waals surface area contributed by atoms with Gasteiger partial charge in [0.25, 0.3) is 0 Å². The summed E-state index contributed by atoms with van der Waals surface area (Å²) in [6.45, 7) is 2.66. The van der Waals surface area contributed by atoms with E-state index in [1.165, 1.54) is 77.0 Å². The fraction of sp³-hybridized carbons (Fsp3) is 0.674. The molecule has 0 bridgehead atoms. The fourth-order valence-electron chi connectivity index (χ4n) is 5.44. The van der Waals surface area contributed by atoms with E-state index in [1.54, 1.807) is 0 Å². The smallest absolute Gasteiger partial charge is 0.472 e. The number of allylic oxidation sites excluding steroid dienone is 12. The average Bonchev–Trinajstić information content (AvgIpc) is 3.20. The molecule has 0 aromatic rings. The van der Waals surface area contributed by atoms with Crippen molar-refractivity contribution in [3.63, 3.8) is 0 Å². The van der Waals surface area contributed by atoms with Gasteiger partial charge in [0.15, 0.2) is 6.10 Å². The molecule has 0 aliphatic heterocycles. The zero-order valence-corrected chi connectivity index (χ0v) is 36.8. The summed E-state index contributed by atoms with van der Waals surface area (Å²) in [6.07, 6.45) is 48.3. The summed E-state index contributed by atoms with van der Waals surface area (Å²) in [6, 6.07) is -1.54. The number of rotatable bonds is 40. The lowest BCUT2D eigenvalue weighted by molar-refractivity contribution is -0.161. The Balaban J connectivity index is 4.50. The minimum Gasteiger partial charge on any atom is -0.480 e. The van der Waals surface area contributed by atoms with Gasteiger partial charge in [-0.25, -0.2) is 4.57 Å². The van der Waals surface area contributed by atoms with E-state index >= 15 is 0 Å². The summed E-state index contributed by atoms with van der Waals surface area (Å²) in [7, 11) is -4.74. The molecule has 0 aromatic carbocycles. The Kier molecular flexibility index (Phi) is 38.5. The van der Waals surface area contributed by atoms with Gasteiger partial charge < -0.3 is 25.2 Å². The number of hydrogen-bond acceptors (Lipinski definition) is 9. The number of phosphoric acid groups is 1. The van der Waals surface area contributed by atoms with Crippen LogP contribution in [0.15, 0.2) is 72.9 Å². The van der Waals surface area contributed by atoms with E-state index in [-0.39, 0.29) is 19.4 Å². The highest BCUT2D eigenvalue weighted by Gasteiger charge is 2.28. The second kappa shape index (κ2) is 40.7. The number of phosphoric ester groups is 1. The van der Waals surface area contributed by atoms with Gasteiger partial charge in [-0.1, -0.05) is 157 Å². The molecule has 58 heavy (non-hydrogen) atoms. The highest BCUT2D eigenvalue weighted by Crippen LogP contribution is 2.43. The molecule has 332 valence electrons. The lowest BCUT2D eigenvalue weighted by atomic mass is 10.1. The van der Waals surface area contributed by atoms with Crippen LogP contribution in [0.3, 0.4) is 0 Å². The van der Waals surface area contributed by atoms with Crippen molar-refractivity contribution in [2.24, 2.45) is 5.73 Å². The fourth-order valence-corrected chi connectivity index (χ4v) is 6.22. The monoisotopic (exact) mass is 836 g/mol. The maximum absolute atomic E-state index is 12.6. The molecule has 0 radical (unpaired) electrons. The molecule has 3 atom stereocenters. The summed E-state index contributed by atoms with van der Waals surface area (Å²) in [4.78, 5) is 45.9. The Morgan fingerprint density at radius 3 is 1.50 bits per heavy atom. The van der Waals surface area contributed by atoms with E-state index < -0.39 is 51.1 Å². The summed E-state index contributed by atoms with van der Waals surface area (Å²) < 4.78 is 32.6. The molecular formula is C46H78NO10P. The Morgan fingerprint density at radius 2 is 0.966 bits per heavy atom. The number of unbranched alkanes of at least 4 members (excludes halogenated alkanes) is 14. The normalized spacial score (nSPS) is 14.4. The van der Waals surface area contributed by atoms with E-state index in [0.29, 0.717) is 19.3 Å². The van der Waals surface area contributed by atoms with Crippen molar-refractivity contribution in [1.29, 1.82) is 0 Å². The number of carboxylic acid groups (broad SMARTS) is 1. The molecule has 11 nitrogen and oxygen atoms in total.